The summed E-state index contributed by atoms with van der Waals surface area (Å²) in [6, 6.07) is 9.42. The van der Waals surface area contributed by atoms with Crippen LogP contribution < -0.4 is 9.62 Å². The molecule has 0 saturated carbocycles. The third-order valence-corrected chi connectivity index (χ3v) is 6.98. The van der Waals surface area contributed by atoms with Crippen molar-refractivity contribution in [1.29, 1.82) is 0 Å². The Bertz CT molecular complexity index is 1430. The Morgan fingerprint density at radius 2 is 1.77 bits per heavy atom. The van der Waals surface area contributed by atoms with Crippen LogP contribution in [0.4, 0.5) is 24.8 Å². The maximum absolute atomic E-state index is 13.7. The fourth-order valence-electron chi connectivity index (χ4n) is 3.77. The molecule has 15 heteroatoms. The maximum Gasteiger partial charge on any atom is 0.421 e. The van der Waals surface area contributed by atoms with Gasteiger partial charge >= 0.3 is 6.18 Å². The summed E-state index contributed by atoms with van der Waals surface area (Å²) in [6.45, 7) is -0.728. The van der Waals surface area contributed by atoms with Gasteiger partial charge in [-0.25, -0.2) is 23.4 Å². The highest BCUT2D eigenvalue weighted by Crippen LogP contribution is 2.34. The molecule has 0 aliphatic carbocycles. The number of rotatable bonds is 12. The van der Waals surface area contributed by atoms with Crippen molar-refractivity contribution in [3.63, 3.8) is 0 Å². The lowest BCUT2D eigenvalue weighted by Gasteiger charge is -2.21. The molecule has 1 aromatic carbocycles. The summed E-state index contributed by atoms with van der Waals surface area (Å²) in [7, 11) is -2.38. The summed E-state index contributed by atoms with van der Waals surface area (Å²) in [6.07, 6.45) is -1.75. The number of carbonyl (C=O) groups is 1. The molecule has 0 fully saturated rings. The first-order valence-electron chi connectivity index (χ1n) is 12.0. The smallest absolute Gasteiger partial charge is 0.395 e. The minimum Gasteiger partial charge on any atom is -0.395 e. The zero-order chi connectivity index (χ0) is 29.5. The number of halogens is 3. The van der Waals surface area contributed by atoms with Crippen molar-refractivity contribution in [1.82, 2.24) is 19.9 Å². The minimum atomic E-state index is -4.77. The van der Waals surface area contributed by atoms with E-state index in [0.717, 1.165) is 10.6 Å². The van der Waals surface area contributed by atoms with Gasteiger partial charge in [0.15, 0.2) is 0 Å². The van der Waals surface area contributed by atoms with Crippen molar-refractivity contribution in [2.75, 3.05) is 49.2 Å². The molecular formula is C25H29F3N6O5S. The first-order valence-corrected chi connectivity index (χ1v) is 13.8. The van der Waals surface area contributed by atoms with Crippen molar-refractivity contribution in [3.05, 3.63) is 76.9 Å². The van der Waals surface area contributed by atoms with Gasteiger partial charge in [-0.3, -0.25) is 9.10 Å². The van der Waals surface area contributed by atoms with Crippen LogP contribution in [0, 0.1) is 0 Å². The molecule has 3 rings (SSSR count). The number of aliphatic hydroxyl groups is 2. The van der Waals surface area contributed by atoms with Gasteiger partial charge in [0.25, 0.3) is 5.91 Å². The van der Waals surface area contributed by atoms with Gasteiger partial charge in [0.2, 0.25) is 10.0 Å². The number of sulfonamides is 1. The lowest BCUT2D eigenvalue weighted by molar-refractivity contribution is -0.137. The van der Waals surface area contributed by atoms with Crippen LogP contribution in [0.5, 0.6) is 0 Å². The van der Waals surface area contributed by atoms with Crippen LogP contribution in [0.3, 0.4) is 0 Å². The Hall–Kier alpha value is -3.82. The van der Waals surface area contributed by atoms with Crippen LogP contribution in [-0.4, -0.2) is 84.0 Å². The molecule has 0 saturated heterocycles. The lowest BCUT2D eigenvalue weighted by Crippen LogP contribution is -2.35. The van der Waals surface area contributed by atoms with Crippen molar-refractivity contribution >= 4 is 27.6 Å². The number of aromatic nitrogens is 3. The molecule has 3 N–H and O–H groups in total. The predicted octanol–water partition coefficient (Wildman–Crippen LogP) is 1.92. The third-order valence-electron chi connectivity index (χ3n) is 5.82. The van der Waals surface area contributed by atoms with Crippen LogP contribution in [-0.2, 0) is 29.2 Å². The summed E-state index contributed by atoms with van der Waals surface area (Å²) in [4.78, 5) is 26.1. The normalized spacial score (nSPS) is 11.8. The second-order valence-corrected chi connectivity index (χ2v) is 10.7. The monoisotopic (exact) mass is 582 g/mol. The highest BCUT2D eigenvalue weighted by atomic mass is 32.2. The number of carbonyl (C=O) groups excluding carboxylic acids is 1. The molecule has 11 nitrogen and oxygen atoms in total. The van der Waals surface area contributed by atoms with E-state index in [-0.39, 0.29) is 56.5 Å². The van der Waals surface area contributed by atoms with Crippen LogP contribution in [0.2, 0.25) is 0 Å². The van der Waals surface area contributed by atoms with E-state index in [1.807, 2.05) is 0 Å². The van der Waals surface area contributed by atoms with Gasteiger partial charge in [0, 0.05) is 56.6 Å². The molecule has 0 radical (unpaired) electrons. The number of nitrogens with zero attached hydrogens (tertiary/aromatic N) is 5. The topological polar surface area (TPSA) is 149 Å². The molecule has 3 aromatic rings. The minimum absolute atomic E-state index is 0.00287. The molecule has 0 bridgehead atoms. The van der Waals surface area contributed by atoms with Crippen molar-refractivity contribution in [2.24, 2.45) is 0 Å². The van der Waals surface area contributed by atoms with Crippen LogP contribution >= 0.6 is 0 Å². The SMILES string of the molecule is CN(c1ncccc1CNc1nc(Cc2cccc(C(=O)N(CCO)CCO)c2)ncc1C(F)(F)F)S(C)(=O)=O. The van der Waals surface area contributed by atoms with Gasteiger partial charge in [-0.05, 0) is 23.8 Å². The van der Waals surface area contributed by atoms with Crippen LogP contribution in [0.15, 0.2) is 48.8 Å². The fourth-order valence-corrected chi connectivity index (χ4v) is 4.25. The molecule has 0 atom stereocenters. The number of hydrogen-bond acceptors (Lipinski definition) is 9. The summed E-state index contributed by atoms with van der Waals surface area (Å²) in [5.74, 6) is -0.828. The van der Waals surface area contributed by atoms with E-state index in [0.29, 0.717) is 17.3 Å². The molecule has 40 heavy (non-hydrogen) atoms. The number of alkyl halides is 3. The number of benzene rings is 1. The molecule has 1 amide bonds. The Kier molecular flexibility index (Phi) is 10.0. The Morgan fingerprint density at radius 1 is 1.07 bits per heavy atom. The average molecular weight is 583 g/mol. The van der Waals surface area contributed by atoms with Crippen molar-refractivity contribution < 1.29 is 36.6 Å². The molecule has 0 aliphatic heterocycles. The Balaban J connectivity index is 1.88. The van der Waals surface area contributed by atoms with Crippen molar-refractivity contribution in [2.45, 2.75) is 19.1 Å². The van der Waals surface area contributed by atoms with Gasteiger partial charge in [-0.1, -0.05) is 18.2 Å². The molecule has 0 spiro atoms. The Labute approximate surface area is 229 Å². The maximum atomic E-state index is 13.7. The number of pyridine rings is 1. The van der Waals surface area contributed by atoms with Crippen LogP contribution in [0.25, 0.3) is 0 Å². The lowest BCUT2D eigenvalue weighted by atomic mass is 10.1. The number of hydrogen-bond donors (Lipinski definition) is 3. The first-order chi connectivity index (χ1) is 18.8. The van der Waals surface area contributed by atoms with E-state index >= 15 is 0 Å². The molecule has 2 aromatic heterocycles. The number of nitrogens with one attached hydrogen (secondary N) is 1. The van der Waals surface area contributed by atoms with Gasteiger partial charge in [-0.2, -0.15) is 13.2 Å². The number of anilines is 2. The molecule has 0 unspecified atom stereocenters. The fraction of sp³-hybridized carbons (Fsp3) is 0.360. The van der Waals surface area contributed by atoms with Gasteiger partial charge in [0.05, 0.1) is 19.5 Å². The Morgan fingerprint density at radius 3 is 2.40 bits per heavy atom. The molecular weight excluding hydrogens is 553 g/mol. The standard InChI is InChI=1S/C25H29F3N6O5S/c1-33(40(2,38)39)23-19(7-4-8-29-23)15-31-22-20(25(26,27)28)16-30-21(32-22)14-17-5-3-6-18(13-17)24(37)34(9-11-35)10-12-36/h3-8,13,16,35-36H,9-12,14-15H2,1-2H3,(H,30,31,32). The number of amides is 1. The number of aliphatic hydroxyl groups excluding tert-OH is 2. The van der Waals surface area contributed by atoms with E-state index in [2.05, 4.69) is 20.3 Å². The summed E-state index contributed by atoms with van der Waals surface area (Å²) < 4.78 is 66.1. The zero-order valence-corrected chi connectivity index (χ0v) is 22.6. The highest BCUT2D eigenvalue weighted by molar-refractivity contribution is 7.92. The van der Waals surface area contributed by atoms with E-state index in [1.165, 1.54) is 30.3 Å². The third kappa shape index (κ3) is 7.86. The van der Waals surface area contributed by atoms with Gasteiger partial charge in [-0.15, -0.1) is 0 Å². The average Bonchev–Trinajstić information content (AvgIpc) is 2.90. The largest absolute Gasteiger partial charge is 0.421 e. The summed E-state index contributed by atoms with van der Waals surface area (Å²) >= 11 is 0. The molecule has 2 heterocycles. The molecule has 216 valence electrons. The molecule has 0 aliphatic rings. The van der Waals surface area contributed by atoms with Gasteiger partial charge < -0.3 is 20.4 Å². The van der Waals surface area contributed by atoms with Crippen LogP contribution in [0.1, 0.15) is 32.9 Å². The van der Waals surface area contributed by atoms with E-state index < -0.39 is 33.5 Å². The zero-order valence-electron chi connectivity index (χ0n) is 21.8. The van der Waals surface area contributed by atoms with Crippen molar-refractivity contribution in [3.8, 4) is 0 Å². The first kappa shape index (κ1) is 30.7. The summed E-state index contributed by atoms with van der Waals surface area (Å²) in [5.41, 5.74) is 0.0357. The second kappa shape index (κ2) is 13.0. The predicted molar refractivity (Wildman–Crippen MR) is 141 cm³/mol. The van der Waals surface area contributed by atoms with E-state index in [9.17, 15) is 36.6 Å². The summed E-state index contributed by atoms with van der Waals surface area (Å²) in [5, 5.41) is 21.0. The van der Waals surface area contributed by atoms with Gasteiger partial charge in [0.1, 0.15) is 23.0 Å². The second-order valence-electron chi connectivity index (χ2n) is 8.73. The highest BCUT2D eigenvalue weighted by Gasteiger charge is 2.35. The quantitative estimate of drug-likeness (QED) is 0.291. The van der Waals surface area contributed by atoms with E-state index in [4.69, 9.17) is 0 Å². The van der Waals surface area contributed by atoms with E-state index in [1.54, 1.807) is 24.3 Å².